The fourth-order valence-corrected chi connectivity index (χ4v) is 7.31. The Labute approximate surface area is 287 Å². The monoisotopic (exact) mass is 703 g/mol. The van der Waals surface area contributed by atoms with Gasteiger partial charge in [0.05, 0.1) is 18.1 Å². The molecular formula is C34H42F5N9O2. The topological polar surface area (TPSA) is 117 Å². The highest BCUT2D eigenvalue weighted by atomic mass is 19.4. The van der Waals surface area contributed by atoms with Gasteiger partial charge < -0.3 is 20.3 Å². The molecule has 0 aromatic carbocycles. The Kier molecular flexibility index (Phi) is 10.1. The van der Waals surface area contributed by atoms with Crippen LogP contribution in [0.1, 0.15) is 43.2 Å². The number of amides is 1. The first-order valence-corrected chi connectivity index (χ1v) is 16.8. The van der Waals surface area contributed by atoms with Crippen molar-refractivity contribution in [2.75, 3.05) is 64.6 Å². The summed E-state index contributed by atoms with van der Waals surface area (Å²) in [7, 11) is 5.06. The molecule has 4 atom stereocenters. The van der Waals surface area contributed by atoms with Crippen LogP contribution in [0.4, 0.5) is 33.6 Å². The number of fused-ring (bicyclic) bond motifs is 2. The predicted molar refractivity (Wildman–Crippen MR) is 179 cm³/mol. The van der Waals surface area contributed by atoms with Crippen LogP contribution in [-0.4, -0.2) is 119 Å². The first-order chi connectivity index (χ1) is 23.7. The van der Waals surface area contributed by atoms with Crippen LogP contribution in [-0.2, 0) is 11.0 Å². The van der Waals surface area contributed by atoms with Gasteiger partial charge in [-0.05, 0) is 64.3 Å². The first kappa shape index (κ1) is 35.6. The summed E-state index contributed by atoms with van der Waals surface area (Å²) in [6.45, 7) is 5.01. The van der Waals surface area contributed by atoms with E-state index in [4.69, 9.17) is 10.5 Å². The number of halogens is 5. The average molecular weight is 704 g/mol. The normalized spacial score (nSPS) is 24.0. The molecular weight excluding hydrogens is 661 g/mol. The van der Waals surface area contributed by atoms with Crippen molar-refractivity contribution < 1.29 is 31.5 Å². The maximum Gasteiger partial charge on any atom is 0.418 e. The van der Waals surface area contributed by atoms with Crippen molar-refractivity contribution in [1.29, 1.82) is 0 Å². The van der Waals surface area contributed by atoms with Crippen LogP contribution in [0.3, 0.4) is 0 Å². The van der Waals surface area contributed by atoms with E-state index in [1.54, 1.807) is 22.9 Å². The Hall–Kier alpha value is -4.18. The number of methoxy groups -OCH3 is 1. The number of aryl methyl sites for hydroxylation is 1. The molecule has 7 rings (SSSR count). The highest BCUT2D eigenvalue weighted by Crippen LogP contribution is 2.41. The number of pyridine rings is 2. The number of nitrogens with zero attached hydrogens (tertiary/aromatic N) is 8. The van der Waals surface area contributed by atoms with E-state index in [-0.39, 0.29) is 52.1 Å². The molecule has 270 valence electrons. The van der Waals surface area contributed by atoms with E-state index >= 15 is 4.39 Å². The SMILES string of the molecule is COc1nc(N(C)C2CCN(C(=O)/C=C/C3CCN3C)C2)c2cnc(-c3nc(N)cc(C)c3C(F)(F)F)c(F)c2n1.FC1CC2CCCN2C1. The van der Waals surface area contributed by atoms with E-state index < -0.39 is 35.1 Å². The smallest absolute Gasteiger partial charge is 0.418 e. The molecule has 0 aliphatic carbocycles. The molecule has 4 aliphatic heterocycles. The number of aromatic nitrogens is 4. The van der Waals surface area contributed by atoms with Gasteiger partial charge in [-0.2, -0.15) is 23.1 Å². The Morgan fingerprint density at radius 1 is 1.10 bits per heavy atom. The molecule has 7 heterocycles. The molecule has 1 amide bonds. The summed E-state index contributed by atoms with van der Waals surface area (Å²) in [6.07, 6.45) is 4.37. The van der Waals surface area contributed by atoms with Gasteiger partial charge in [0, 0.05) is 63.6 Å². The van der Waals surface area contributed by atoms with Gasteiger partial charge in [-0.1, -0.05) is 6.08 Å². The minimum atomic E-state index is -4.83. The van der Waals surface area contributed by atoms with Gasteiger partial charge in [0.25, 0.3) is 0 Å². The zero-order valence-corrected chi connectivity index (χ0v) is 28.6. The number of ether oxygens (including phenoxy) is 1. The molecule has 4 fully saturated rings. The number of nitrogen functional groups attached to an aromatic ring is 1. The van der Waals surface area contributed by atoms with Crippen LogP contribution in [0, 0.1) is 12.7 Å². The van der Waals surface area contributed by atoms with Crippen LogP contribution >= 0.6 is 0 Å². The molecule has 16 heteroatoms. The third-order valence-electron chi connectivity index (χ3n) is 10.2. The number of hydrogen-bond acceptors (Lipinski definition) is 10. The number of likely N-dealkylation sites (N-methyl/N-ethyl adjacent to an activating group) is 2. The van der Waals surface area contributed by atoms with Crippen molar-refractivity contribution in [3.05, 3.63) is 41.4 Å². The van der Waals surface area contributed by atoms with E-state index in [1.807, 2.05) is 13.1 Å². The number of carbonyl (C=O) groups excluding carboxylic acids is 1. The molecule has 11 nitrogen and oxygen atoms in total. The van der Waals surface area contributed by atoms with Crippen LogP contribution in [0.5, 0.6) is 6.01 Å². The van der Waals surface area contributed by atoms with E-state index in [9.17, 15) is 22.4 Å². The van der Waals surface area contributed by atoms with Crippen molar-refractivity contribution in [3.63, 3.8) is 0 Å². The number of anilines is 2. The molecule has 0 spiro atoms. The second-order valence-corrected chi connectivity index (χ2v) is 13.5. The van der Waals surface area contributed by atoms with Crippen molar-refractivity contribution in [2.24, 2.45) is 0 Å². The summed E-state index contributed by atoms with van der Waals surface area (Å²) in [5.41, 5.74) is 2.72. The molecule has 2 N–H and O–H groups in total. The number of rotatable bonds is 6. The molecule has 0 radical (unpaired) electrons. The lowest BCUT2D eigenvalue weighted by Crippen LogP contribution is -2.43. The molecule has 3 aromatic rings. The maximum absolute atomic E-state index is 16.0. The molecule has 4 aliphatic rings. The Morgan fingerprint density at radius 3 is 2.54 bits per heavy atom. The molecule has 0 bridgehead atoms. The van der Waals surface area contributed by atoms with Crippen LogP contribution in [0.15, 0.2) is 24.4 Å². The molecule has 50 heavy (non-hydrogen) atoms. The fraction of sp³-hybridized carbons (Fsp3) is 0.559. The Balaban J connectivity index is 0.000000412. The highest BCUT2D eigenvalue weighted by molar-refractivity contribution is 5.92. The molecule has 3 aromatic heterocycles. The second-order valence-electron chi connectivity index (χ2n) is 13.5. The predicted octanol–water partition coefficient (Wildman–Crippen LogP) is 4.63. The lowest BCUT2D eigenvalue weighted by Gasteiger charge is -2.35. The van der Waals surface area contributed by atoms with E-state index in [0.29, 0.717) is 32.1 Å². The lowest BCUT2D eigenvalue weighted by atomic mass is 10.0. The summed E-state index contributed by atoms with van der Waals surface area (Å²) in [6, 6.07) is 1.60. The first-order valence-electron chi connectivity index (χ1n) is 16.8. The number of carbonyl (C=O) groups is 1. The van der Waals surface area contributed by atoms with Gasteiger partial charge in [0.2, 0.25) is 5.91 Å². The zero-order valence-electron chi connectivity index (χ0n) is 28.6. The van der Waals surface area contributed by atoms with Gasteiger partial charge in [-0.15, -0.1) is 0 Å². The highest BCUT2D eigenvalue weighted by Gasteiger charge is 2.39. The quantitative estimate of drug-likeness (QED) is 0.288. The van der Waals surface area contributed by atoms with Gasteiger partial charge in [0.1, 0.15) is 34.7 Å². The van der Waals surface area contributed by atoms with Crippen molar-refractivity contribution in [3.8, 4) is 17.4 Å². The van der Waals surface area contributed by atoms with Crippen molar-refractivity contribution in [1.82, 2.24) is 34.6 Å². The summed E-state index contributed by atoms with van der Waals surface area (Å²) in [5.74, 6) is -1.14. The molecule has 0 saturated carbocycles. The molecule has 4 unspecified atom stereocenters. The summed E-state index contributed by atoms with van der Waals surface area (Å²) in [4.78, 5) is 37.1. The minimum absolute atomic E-state index is 0.0888. The Morgan fingerprint density at radius 2 is 1.88 bits per heavy atom. The molecule has 4 saturated heterocycles. The fourth-order valence-electron chi connectivity index (χ4n) is 7.31. The van der Waals surface area contributed by atoms with Gasteiger partial charge in [-0.25, -0.2) is 13.8 Å². The van der Waals surface area contributed by atoms with Crippen LogP contribution < -0.4 is 15.4 Å². The van der Waals surface area contributed by atoms with Gasteiger partial charge in [0.15, 0.2) is 5.82 Å². The van der Waals surface area contributed by atoms with Crippen LogP contribution in [0.2, 0.25) is 0 Å². The number of likely N-dealkylation sites (tertiary alicyclic amines) is 2. The van der Waals surface area contributed by atoms with Gasteiger partial charge >= 0.3 is 12.2 Å². The number of alkyl halides is 4. The summed E-state index contributed by atoms with van der Waals surface area (Å²) in [5, 5.41) is 0.168. The standard InChI is InChI=1S/C27H30F4N8O2.C7H12FN/c1-14-11-18(32)34-23(20(14)27(29,30)31)24-21(28)22-17(12-33-24)25(36-26(35-22)41-4)38(3)16-8-10-39(13-16)19(40)6-5-15-7-9-37(15)2;8-6-4-7-2-1-3-9(7)5-6/h5-6,11-12,15-16H,7-10,13H2,1-4H3,(H2,32,34);6-7H,1-5H2/b6-5+;. The van der Waals surface area contributed by atoms with E-state index in [0.717, 1.165) is 32.0 Å². The Bertz CT molecular complexity index is 1760. The van der Waals surface area contributed by atoms with Crippen molar-refractivity contribution >= 4 is 28.4 Å². The maximum atomic E-state index is 16.0. The van der Waals surface area contributed by atoms with Crippen LogP contribution in [0.25, 0.3) is 22.3 Å². The van der Waals surface area contributed by atoms with Gasteiger partial charge in [-0.3, -0.25) is 19.6 Å². The summed E-state index contributed by atoms with van der Waals surface area (Å²) >= 11 is 0. The second kappa shape index (κ2) is 14.2. The number of nitrogens with two attached hydrogens (primary N) is 1. The third-order valence-corrected chi connectivity index (χ3v) is 10.2. The minimum Gasteiger partial charge on any atom is -0.467 e. The zero-order chi connectivity index (χ0) is 35.9. The average Bonchev–Trinajstić information content (AvgIpc) is 3.80. The van der Waals surface area contributed by atoms with Crippen molar-refractivity contribution in [2.45, 2.75) is 69.5 Å². The van der Waals surface area contributed by atoms with E-state index in [2.05, 4.69) is 29.7 Å². The van der Waals surface area contributed by atoms with E-state index in [1.165, 1.54) is 33.1 Å². The summed E-state index contributed by atoms with van der Waals surface area (Å²) < 4.78 is 75.6. The lowest BCUT2D eigenvalue weighted by molar-refractivity contribution is -0.137. The largest absolute Gasteiger partial charge is 0.467 e. The third kappa shape index (κ3) is 7.18. The number of hydrogen-bond donors (Lipinski definition) is 1.